The molecule has 4 aliphatic carbocycles. The van der Waals surface area contributed by atoms with E-state index in [1.54, 1.807) is 75.7 Å². The van der Waals surface area contributed by atoms with Gasteiger partial charge in [0.05, 0.1) is 43.7 Å². The second kappa shape index (κ2) is 58.1. The van der Waals surface area contributed by atoms with Crippen LogP contribution in [-0.2, 0) is 47.5 Å². The summed E-state index contributed by atoms with van der Waals surface area (Å²) in [5.41, 5.74) is 9.95. The van der Waals surface area contributed by atoms with Gasteiger partial charge in [-0.2, -0.15) is 24.4 Å². The molecule has 7 aromatic rings. The van der Waals surface area contributed by atoms with Crippen LogP contribution < -0.4 is 67.8 Å². The number of halogens is 9. The third kappa shape index (κ3) is 44.0. The number of esters is 2. The van der Waals surface area contributed by atoms with Crippen LogP contribution in [0.5, 0.6) is 0 Å². The van der Waals surface area contributed by atoms with Gasteiger partial charge < -0.3 is 76.0 Å². The van der Waals surface area contributed by atoms with Gasteiger partial charge in [0, 0.05) is 70.7 Å². The number of rotatable bonds is 25. The molecule has 5 fully saturated rings. The van der Waals surface area contributed by atoms with Crippen molar-refractivity contribution in [1.29, 1.82) is 0 Å². The number of carboxylic acid groups (broad SMARTS) is 3. The Hall–Kier alpha value is -6.60. The van der Waals surface area contributed by atoms with Gasteiger partial charge in [-0.1, -0.05) is 90.9 Å². The molecule has 35 heteroatoms. The second-order valence-electron chi connectivity index (χ2n) is 31.0. The van der Waals surface area contributed by atoms with Gasteiger partial charge in [0.1, 0.15) is 77.5 Å². The number of hydrogen-bond acceptors (Lipinski definition) is 19. The average molecular weight is 1930 g/mol. The van der Waals surface area contributed by atoms with Crippen LogP contribution in [0.3, 0.4) is 0 Å². The molecular weight excluding hydrogens is 1810 g/mol. The van der Waals surface area contributed by atoms with Gasteiger partial charge in [0.15, 0.2) is 0 Å². The maximum Gasteiger partial charge on any atom is 1.00 e. The molecule has 12 rings (SSSR count). The minimum absolute atomic E-state index is 0. The van der Waals surface area contributed by atoms with Crippen LogP contribution in [0.1, 0.15) is 187 Å². The third-order valence-electron chi connectivity index (χ3n) is 19.5. The molecule has 2 amide bonds. The molecule has 0 radical (unpaired) electrons. The summed E-state index contributed by atoms with van der Waals surface area (Å²) < 4.78 is 120. The van der Waals surface area contributed by atoms with Crippen molar-refractivity contribution < 1.29 is 175 Å². The second-order valence-corrected chi connectivity index (χ2v) is 36.9. The molecule has 1 heterocycles. The van der Waals surface area contributed by atoms with E-state index in [1.165, 1.54) is 96.7 Å². The van der Waals surface area contributed by atoms with Gasteiger partial charge >= 0.3 is 81.2 Å². The number of carboxylic acids is 3. The number of aliphatic carboxylic acids is 3. The van der Waals surface area contributed by atoms with Crippen LogP contribution in [0.25, 0.3) is 0 Å². The van der Waals surface area contributed by atoms with Gasteiger partial charge in [-0.3, -0.25) is 24.0 Å². The van der Waals surface area contributed by atoms with E-state index < -0.39 is 77.0 Å². The molecule has 0 spiro atoms. The molecule has 0 bridgehead atoms. The van der Waals surface area contributed by atoms with E-state index in [2.05, 4.69) is 46.1 Å². The monoisotopic (exact) mass is 1930 g/mol. The largest absolute Gasteiger partial charge is 1.00 e. The van der Waals surface area contributed by atoms with E-state index >= 15 is 0 Å². The van der Waals surface area contributed by atoms with Crippen LogP contribution in [0.15, 0.2) is 170 Å². The van der Waals surface area contributed by atoms with E-state index in [0.29, 0.717) is 49.0 Å². The minimum atomic E-state index is -2.00. The Balaban J connectivity index is 0. The number of amides is 2. The zero-order valence-electron chi connectivity index (χ0n) is 72.0. The van der Waals surface area contributed by atoms with E-state index in [-0.39, 0.29) is 188 Å². The number of ether oxygens (including phenoxy) is 4. The summed E-state index contributed by atoms with van der Waals surface area (Å²) in [6.07, 6.45) is 4.06. The van der Waals surface area contributed by atoms with Crippen LogP contribution in [0, 0.1) is 57.0 Å². The summed E-state index contributed by atoms with van der Waals surface area (Å²) in [4.78, 5) is 79.2. The molecule has 1 saturated heterocycles. The van der Waals surface area contributed by atoms with Crippen molar-refractivity contribution in [2.75, 3.05) is 76.1 Å². The van der Waals surface area contributed by atoms with Crippen LogP contribution in [0.2, 0.25) is 0 Å². The third-order valence-corrected chi connectivity index (χ3v) is 23.1. The predicted molar refractivity (Wildman–Crippen MR) is 476 cm³/mol. The Labute approximate surface area is 795 Å². The van der Waals surface area contributed by atoms with E-state index in [9.17, 15) is 68.9 Å². The summed E-state index contributed by atoms with van der Waals surface area (Å²) in [5, 5.41) is 55.3. The van der Waals surface area contributed by atoms with Gasteiger partial charge in [-0.25, -0.2) is 40.3 Å². The molecule has 125 heavy (non-hydrogen) atoms. The molecule has 7 aromatic carbocycles. The molecular formula is C90H120BrClF7KN3O19PS2. The molecule has 690 valence electrons. The zero-order valence-corrected chi connectivity index (χ0v) is 80.2. The zero-order chi connectivity index (χ0) is 91.4. The number of aliphatic hydroxyl groups excluding tert-OH is 3. The number of hydrogen-bond donors (Lipinski definition) is 10. The van der Waals surface area contributed by atoms with Crippen molar-refractivity contribution in [3.8, 4) is 0 Å². The Morgan fingerprint density at radius 1 is 0.576 bits per heavy atom. The number of carbonyl (C=O) groups excluding carboxylic acids is 4. The topological polar surface area (TPSA) is 378 Å². The molecule has 11 N–H and O–H groups in total. The Morgan fingerprint density at radius 3 is 1.18 bits per heavy atom. The van der Waals surface area contributed by atoms with Crippen LogP contribution in [-0.4, -0.2) is 183 Å². The maximum absolute atomic E-state index is 12.9. The first kappa shape index (κ1) is 120. The standard InChI is InChI=1S/C16H21FO2.C13H15FO2.C12H14FNO4S.C11H11FO2.C10H10FNO3S.C10H12FN.C8H7FO.C6H15O2P.C2H5BrO.CH4O.CH4.ClH.K.H2O/c1-15(2,3)19-14(18)10-16(4)9-13(16)11-5-7-12(17)8-6-11;1-3-16-12(15)13(2)8-11(13)9-4-6-10(14)7-5-9;13-9-3-1-8(2-4-9)11(16)14-10(12(17)18)7-19-6-5-15;1-11(10(13)14)6-9(11)7-2-4-8(12)5-3-7;11-7-3-1-6(2-4-7)9(13)12-8(5-16)10(14)15;1-10(12)6-9(10)7-2-4-8(11)5-3-7;9-7-3-1-6(2-4-7)8-5-10-8;1-5-8-6(2)9(3,4)7;3-1-2-4;1-2;;;;/h5-8,13H,9-10H2,1-4H3;4-7,11H,3,8H2,1-2H3;1-4,10,15H,5-7H2,(H,14,16)(H,17,18);2-5,9H,6H2,1H3,(H,13,14);1-4,8,16H,5H2,(H,12,13)(H,14,15);2-5,9H,6,12H2,1H3;1-4,8H,5H2;6H,5H2,1-4H3;4H,1-2H2;2H,1H3;1H4;1H;;1H2/q;;;;;;;;;;;;+1;/p-1/t13-,16-;11-,13+;10-;9-,11+;8-;9-,10+;8-;;;;;;;/m0000001......./s1. The molecule has 0 aromatic heterocycles. The first-order valence-electron chi connectivity index (χ1n) is 38.7. The number of thioether (sulfide) groups is 1. The smallest absolute Gasteiger partial charge is 0.870 e. The van der Waals surface area contributed by atoms with Crippen molar-refractivity contribution in [2.45, 2.75) is 168 Å². The van der Waals surface area contributed by atoms with Crippen LogP contribution in [0.4, 0.5) is 30.7 Å². The van der Waals surface area contributed by atoms with Crippen LogP contribution >= 0.6 is 59.9 Å². The Bertz CT molecular complexity index is 4420. The van der Waals surface area contributed by atoms with Gasteiger partial charge in [-0.05, 0) is 250 Å². The number of nitrogens with one attached hydrogen (secondary N) is 2. The first-order chi connectivity index (χ1) is 56.7. The average Bonchev–Trinajstić information content (AvgIpc) is 1.58. The Morgan fingerprint density at radius 2 is 0.904 bits per heavy atom. The molecule has 12 atom stereocenters. The SMILES string of the molecule is C.CC(C)(C)OC(=O)C[C@]1(C)C[C@H]1c1ccc(F)cc1.CCOC(=O)[C@]1(C)C[C@H]1c1ccc(F)cc1.CCOC(C)P(C)(C)=O.CO.C[C@@]1(C(=O)O)C[C@H]1c1ccc(F)cc1.C[C@@]1(N)C[C@H]1c1ccc(F)cc1.Cl.Fc1ccc([C@H]2CO2)cc1.O=C(N[C@@H](CS)C(=O)O)c1ccc(F)cc1.O=C(N[C@@H](CSCCO)C(=O)O)c1ccc(F)cc1.OCCBr.[K+].[OH-]. The number of thiol groups is 1. The van der Waals surface area contributed by atoms with Crippen molar-refractivity contribution in [1.82, 2.24) is 10.6 Å². The fraction of sp³-hybridized carbons (Fsp3) is 0.456. The van der Waals surface area contributed by atoms with E-state index in [0.717, 1.165) is 85.1 Å². The van der Waals surface area contributed by atoms with Gasteiger partial charge in [-0.15, -0.1) is 12.4 Å². The number of benzene rings is 7. The van der Waals surface area contributed by atoms with E-state index in [4.69, 9.17) is 55.3 Å². The van der Waals surface area contributed by atoms with Gasteiger partial charge in [0.2, 0.25) is 0 Å². The summed E-state index contributed by atoms with van der Waals surface area (Å²) in [7, 11) is -0.996. The summed E-state index contributed by atoms with van der Waals surface area (Å²) in [6, 6.07) is 39.5. The van der Waals surface area contributed by atoms with Crippen molar-refractivity contribution in [3.63, 3.8) is 0 Å². The van der Waals surface area contributed by atoms with E-state index in [1.807, 2.05) is 60.6 Å². The first-order valence-corrected chi connectivity index (χ1v) is 44.3. The quantitative estimate of drug-likeness (QED) is 0.00371. The molecule has 1 aliphatic heterocycles. The normalized spacial score (nSPS) is 20.6. The summed E-state index contributed by atoms with van der Waals surface area (Å²) in [6.45, 7) is 24.4. The Kier molecular flexibility index (Phi) is 56.0. The predicted octanol–water partition coefficient (Wildman–Crippen LogP) is 14.8. The number of aliphatic hydroxyl groups is 3. The fourth-order valence-electron chi connectivity index (χ4n) is 11.6. The molecule has 4 saturated carbocycles. The number of epoxide rings is 1. The molecule has 22 nitrogen and oxygen atoms in total. The summed E-state index contributed by atoms with van der Waals surface area (Å²) in [5.74, 6) is -5.14. The van der Waals surface area contributed by atoms with Crippen molar-refractivity contribution >= 4 is 102 Å². The molecule has 1 unspecified atom stereocenters. The maximum atomic E-state index is 12.9. The minimum Gasteiger partial charge on any atom is -0.870 e. The number of nitrogens with two attached hydrogens (primary N) is 1. The summed E-state index contributed by atoms with van der Waals surface area (Å²) >= 11 is 8.02. The fourth-order valence-corrected chi connectivity index (χ4v) is 13.1. The van der Waals surface area contributed by atoms with Gasteiger partial charge in [0.25, 0.3) is 11.8 Å². The number of carbonyl (C=O) groups is 7. The number of alkyl halides is 1. The molecule has 5 aliphatic rings. The van der Waals surface area contributed by atoms with Crippen molar-refractivity contribution in [2.24, 2.45) is 22.0 Å². The van der Waals surface area contributed by atoms with Crippen molar-refractivity contribution in [3.05, 3.63) is 250 Å².